The Bertz CT molecular complexity index is 384. The summed E-state index contributed by atoms with van der Waals surface area (Å²) >= 11 is 0. The lowest BCUT2D eigenvalue weighted by atomic mass is 9.85. The molecule has 0 aromatic rings. The van der Waals surface area contributed by atoms with Gasteiger partial charge in [0.1, 0.15) is 0 Å². The Morgan fingerprint density at radius 3 is 2.59 bits per heavy atom. The van der Waals surface area contributed by atoms with Crippen molar-refractivity contribution >= 4 is 6.03 Å². The van der Waals surface area contributed by atoms with Crippen LogP contribution in [0.15, 0.2) is 0 Å². The highest BCUT2D eigenvalue weighted by Gasteiger charge is 2.42. The molecule has 0 aromatic heterocycles. The molecule has 0 aromatic carbocycles. The molecule has 0 radical (unpaired) electrons. The molecule has 2 amide bonds. The molecule has 1 aliphatic carbocycles. The number of carbonyl (C=O) groups is 1. The second-order valence-corrected chi connectivity index (χ2v) is 6.08. The number of hydrogen-bond acceptors (Lipinski definition) is 3. The van der Waals surface area contributed by atoms with Gasteiger partial charge in [0.25, 0.3) is 0 Å². The zero-order valence-corrected chi connectivity index (χ0v) is 12.7. The molecule has 0 spiro atoms. The van der Waals surface area contributed by atoms with Gasteiger partial charge < -0.3 is 20.1 Å². The van der Waals surface area contributed by atoms with Crippen LogP contribution in [0, 0.1) is 5.92 Å². The van der Waals surface area contributed by atoms with Crippen molar-refractivity contribution in [2.45, 2.75) is 57.0 Å². The van der Waals surface area contributed by atoms with Crippen molar-refractivity contribution in [3.8, 4) is 0 Å². The average molecular weight is 324 g/mol. The highest BCUT2D eigenvalue weighted by molar-refractivity contribution is 5.74. The Morgan fingerprint density at radius 2 is 1.95 bits per heavy atom. The first-order valence-electron chi connectivity index (χ1n) is 7.67. The minimum atomic E-state index is -4.18. The molecule has 22 heavy (non-hydrogen) atoms. The summed E-state index contributed by atoms with van der Waals surface area (Å²) in [6.45, 7) is 3.21. The fraction of sp³-hybridized carbons (Fsp3) is 0.929. The van der Waals surface area contributed by atoms with Crippen LogP contribution in [0.4, 0.5) is 18.0 Å². The molecule has 1 saturated heterocycles. The third-order valence-electron chi connectivity index (χ3n) is 4.24. The third kappa shape index (κ3) is 5.01. The van der Waals surface area contributed by atoms with Gasteiger partial charge in [-0.2, -0.15) is 13.2 Å². The lowest BCUT2D eigenvalue weighted by Gasteiger charge is -2.31. The second-order valence-electron chi connectivity index (χ2n) is 6.08. The van der Waals surface area contributed by atoms with Crippen LogP contribution in [0.1, 0.15) is 39.0 Å². The largest absolute Gasteiger partial charge is 0.391 e. The normalized spacial score (nSPS) is 28.4. The van der Waals surface area contributed by atoms with E-state index in [1.807, 2.05) is 0 Å². The SMILES string of the molecule is CC1(CCNC(=O)N[C@@H]2CCC[C@H](C(F)(F)F)C2)OCCO1. The number of halogens is 3. The van der Waals surface area contributed by atoms with Gasteiger partial charge in [0.05, 0.1) is 19.1 Å². The summed E-state index contributed by atoms with van der Waals surface area (Å²) in [5.74, 6) is -2.00. The topological polar surface area (TPSA) is 59.6 Å². The highest BCUT2D eigenvalue weighted by Crippen LogP contribution is 2.37. The Morgan fingerprint density at radius 1 is 1.27 bits per heavy atom. The smallest absolute Gasteiger partial charge is 0.348 e. The van der Waals surface area contributed by atoms with Gasteiger partial charge in [0, 0.05) is 19.0 Å². The number of amides is 2. The molecule has 128 valence electrons. The molecule has 0 unspecified atom stereocenters. The van der Waals surface area contributed by atoms with Gasteiger partial charge in [-0.05, 0) is 26.2 Å². The van der Waals surface area contributed by atoms with Gasteiger partial charge >= 0.3 is 12.2 Å². The van der Waals surface area contributed by atoms with E-state index < -0.39 is 30.0 Å². The van der Waals surface area contributed by atoms with Crippen molar-refractivity contribution in [2.75, 3.05) is 19.8 Å². The summed E-state index contributed by atoms with van der Waals surface area (Å²) in [6, 6.07) is -0.857. The van der Waals surface area contributed by atoms with E-state index in [1.165, 1.54) is 0 Å². The number of hydrogen-bond donors (Lipinski definition) is 2. The van der Waals surface area contributed by atoms with Crippen LogP contribution in [0.25, 0.3) is 0 Å². The number of rotatable bonds is 4. The molecular weight excluding hydrogens is 301 g/mol. The van der Waals surface area contributed by atoms with E-state index in [4.69, 9.17) is 9.47 Å². The zero-order valence-electron chi connectivity index (χ0n) is 12.7. The maximum absolute atomic E-state index is 12.7. The minimum absolute atomic E-state index is 0.0408. The van der Waals surface area contributed by atoms with Crippen molar-refractivity contribution in [3.05, 3.63) is 0 Å². The first-order chi connectivity index (χ1) is 10.3. The van der Waals surface area contributed by atoms with Gasteiger partial charge in [-0.15, -0.1) is 0 Å². The standard InChI is InChI=1S/C14H23F3N2O3/c1-13(21-7-8-22-13)5-6-18-12(20)19-11-4-2-3-10(9-11)14(15,16)17/h10-11H,2-9H2,1H3,(H2,18,19,20)/t10-,11+/m0/s1. The summed E-state index contributed by atoms with van der Waals surface area (Å²) in [5.41, 5.74) is 0. The molecule has 8 heteroatoms. The predicted octanol–water partition coefficient (Wildman–Crippen LogP) is 2.56. The lowest BCUT2D eigenvalue weighted by molar-refractivity contribution is -0.183. The number of nitrogens with one attached hydrogen (secondary N) is 2. The molecule has 2 atom stereocenters. The van der Waals surface area contributed by atoms with Crippen molar-refractivity contribution in [1.29, 1.82) is 0 Å². The quantitative estimate of drug-likeness (QED) is 0.835. The maximum atomic E-state index is 12.7. The first-order valence-corrected chi connectivity index (χ1v) is 7.67. The number of carbonyl (C=O) groups excluding carboxylic acids is 1. The summed E-state index contributed by atoms with van der Waals surface area (Å²) in [7, 11) is 0. The molecule has 1 heterocycles. The number of ether oxygens (including phenoxy) is 2. The van der Waals surface area contributed by atoms with E-state index in [0.717, 1.165) is 0 Å². The van der Waals surface area contributed by atoms with Crippen LogP contribution >= 0.6 is 0 Å². The van der Waals surface area contributed by atoms with E-state index in [1.54, 1.807) is 6.92 Å². The fourth-order valence-corrected chi connectivity index (χ4v) is 2.96. The van der Waals surface area contributed by atoms with Gasteiger partial charge in [0.2, 0.25) is 0 Å². The molecule has 0 bridgehead atoms. The molecule has 2 N–H and O–H groups in total. The predicted molar refractivity (Wildman–Crippen MR) is 73.3 cm³/mol. The van der Waals surface area contributed by atoms with Crippen LogP contribution < -0.4 is 10.6 Å². The summed E-state index contributed by atoms with van der Waals surface area (Å²) in [6.07, 6.45) is -2.51. The van der Waals surface area contributed by atoms with Crippen molar-refractivity contribution in [3.63, 3.8) is 0 Å². The second kappa shape index (κ2) is 7.04. The van der Waals surface area contributed by atoms with E-state index in [-0.39, 0.29) is 12.8 Å². The molecular formula is C14H23F3N2O3. The molecule has 2 aliphatic rings. The van der Waals surface area contributed by atoms with Crippen LogP contribution in [0.2, 0.25) is 0 Å². The van der Waals surface area contributed by atoms with Gasteiger partial charge in [-0.3, -0.25) is 0 Å². The molecule has 2 fully saturated rings. The monoisotopic (exact) mass is 324 g/mol. The van der Waals surface area contributed by atoms with Crippen LogP contribution in [0.5, 0.6) is 0 Å². The Kier molecular flexibility index (Phi) is 5.55. The van der Waals surface area contributed by atoms with E-state index >= 15 is 0 Å². The Balaban J connectivity index is 1.68. The summed E-state index contributed by atoms with van der Waals surface area (Å²) in [5, 5.41) is 5.27. The average Bonchev–Trinajstić information content (AvgIpc) is 2.85. The number of urea groups is 1. The summed E-state index contributed by atoms with van der Waals surface area (Å²) < 4.78 is 49.0. The van der Waals surface area contributed by atoms with Crippen molar-refractivity contribution in [1.82, 2.24) is 10.6 Å². The Hall–Kier alpha value is -1.02. The van der Waals surface area contributed by atoms with E-state index in [2.05, 4.69) is 10.6 Å². The third-order valence-corrected chi connectivity index (χ3v) is 4.24. The van der Waals surface area contributed by atoms with Crippen LogP contribution in [0.3, 0.4) is 0 Å². The molecule has 2 rings (SSSR count). The van der Waals surface area contributed by atoms with Gasteiger partial charge in [-0.1, -0.05) is 6.42 Å². The van der Waals surface area contributed by atoms with Crippen molar-refractivity contribution in [2.24, 2.45) is 5.92 Å². The molecule has 1 aliphatic heterocycles. The van der Waals surface area contributed by atoms with E-state index in [9.17, 15) is 18.0 Å². The van der Waals surface area contributed by atoms with Crippen LogP contribution in [-0.4, -0.2) is 43.8 Å². The molecule has 1 saturated carbocycles. The van der Waals surface area contributed by atoms with Gasteiger partial charge in [0.15, 0.2) is 5.79 Å². The maximum Gasteiger partial charge on any atom is 0.391 e. The molecule has 5 nitrogen and oxygen atoms in total. The van der Waals surface area contributed by atoms with E-state index in [0.29, 0.717) is 39.0 Å². The Labute approximate surface area is 127 Å². The van der Waals surface area contributed by atoms with Crippen molar-refractivity contribution < 1.29 is 27.4 Å². The first kappa shape index (κ1) is 17.3. The minimum Gasteiger partial charge on any atom is -0.348 e. The highest BCUT2D eigenvalue weighted by atomic mass is 19.4. The van der Waals surface area contributed by atoms with Gasteiger partial charge in [-0.25, -0.2) is 4.79 Å². The zero-order chi connectivity index (χ0) is 16.2. The summed E-state index contributed by atoms with van der Waals surface area (Å²) in [4.78, 5) is 11.8. The van der Waals surface area contributed by atoms with Crippen LogP contribution in [-0.2, 0) is 9.47 Å². The lowest BCUT2D eigenvalue weighted by Crippen LogP contribution is -2.46. The fourth-order valence-electron chi connectivity index (χ4n) is 2.96. The number of alkyl halides is 3.